The number of carbonyl (C=O) groups is 1. The Hall–Kier alpha value is -3.29. The second-order valence-electron chi connectivity index (χ2n) is 6.54. The molecule has 1 heterocycles. The van der Waals surface area contributed by atoms with Crippen molar-refractivity contribution in [2.24, 2.45) is 0 Å². The van der Waals surface area contributed by atoms with Gasteiger partial charge in [0.2, 0.25) is 0 Å². The molecule has 0 fully saturated rings. The van der Waals surface area contributed by atoms with Crippen molar-refractivity contribution >= 4 is 11.6 Å². The number of hydrogen-bond acceptors (Lipinski definition) is 4. The Labute approximate surface area is 166 Å². The Morgan fingerprint density at radius 3 is 2.59 bits per heavy atom. The molecule has 1 amide bonds. The molecule has 2 N–H and O–H groups in total. The average Bonchev–Trinajstić information content (AvgIpc) is 2.69. The standard InChI is InChI=1S/C21H20F3N3O2/c1-13-3-4-15(11-18(13)21(22,23)24)27-14-5-7-16(8-6-14)29-17-9-10-26-19(12-17)20(28)25-2/h3-5,7,9-12,27H,6,8H2,1-2H3,(H,25,28). The number of anilines is 1. The van der Waals surface area contributed by atoms with Gasteiger partial charge in [-0.25, -0.2) is 0 Å². The smallest absolute Gasteiger partial charge is 0.416 e. The van der Waals surface area contributed by atoms with Crippen LogP contribution in [0, 0.1) is 6.92 Å². The van der Waals surface area contributed by atoms with Crippen LogP contribution in [0.3, 0.4) is 0 Å². The van der Waals surface area contributed by atoms with Crippen molar-refractivity contribution in [3.05, 3.63) is 77.0 Å². The number of carbonyl (C=O) groups excluding carboxylic acids is 1. The first-order chi connectivity index (χ1) is 13.8. The number of aromatic nitrogens is 1. The van der Waals surface area contributed by atoms with Crippen LogP contribution in [0.4, 0.5) is 18.9 Å². The molecule has 1 aromatic heterocycles. The van der Waals surface area contributed by atoms with Crippen LogP contribution in [0.1, 0.15) is 34.5 Å². The molecule has 0 radical (unpaired) electrons. The van der Waals surface area contributed by atoms with Gasteiger partial charge in [-0.3, -0.25) is 9.78 Å². The zero-order valence-corrected chi connectivity index (χ0v) is 15.9. The van der Waals surface area contributed by atoms with Gasteiger partial charge in [0.1, 0.15) is 17.2 Å². The third kappa shape index (κ3) is 5.16. The van der Waals surface area contributed by atoms with Gasteiger partial charge in [-0.1, -0.05) is 6.07 Å². The molecule has 0 saturated carbocycles. The molecule has 29 heavy (non-hydrogen) atoms. The van der Waals surface area contributed by atoms with E-state index in [9.17, 15) is 18.0 Å². The summed E-state index contributed by atoms with van der Waals surface area (Å²) in [6.07, 6.45) is 1.77. The van der Waals surface area contributed by atoms with E-state index < -0.39 is 11.7 Å². The van der Waals surface area contributed by atoms with Crippen LogP contribution in [0.15, 0.2) is 60.1 Å². The van der Waals surface area contributed by atoms with E-state index in [-0.39, 0.29) is 17.2 Å². The number of rotatable bonds is 5. The first kappa shape index (κ1) is 20.4. The van der Waals surface area contributed by atoms with Crippen LogP contribution in [0.5, 0.6) is 5.75 Å². The predicted molar refractivity (Wildman–Crippen MR) is 103 cm³/mol. The number of amides is 1. The van der Waals surface area contributed by atoms with E-state index in [1.165, 1.54) is 26.2 Å². The first-order valence-corrected chi connectivity index (χ1v) is 8.97. The van der Waals surface area contributed by atoms with Crippen LogP contribution in [0.2, 0.25) is 0 Å². The summed E-state index contributed by atoms with van der Waals surface area (Å²) in [4.78, 5) is 15.6. The van der Waals surface area contributed by atoms with Crippen molar-refractivity contribution in [1.29, 1.82) is 0 Å². The first-order valence-electron chi connectivity index (χ1n) is 8.97. The van der Waals surface area contributed by atoms with Crippen LogP contribution in [-0.4, -0.2) is 17.9 Å². The van der Waals surface area contributed by atoms with Crippen molar-refractivity contribution in [3.63, 3.8) is 0 Å². The molecule has 0 bridgehead atoms. The number of hydrogen-bond donors (Lipinski definition) is 2. The molecule has 1 aromatic carbocycles. The second-order valence-corrected chi connectivity index (χ2v) is 6.54. The number of allylic oxidation sites excluding steroid dienone is 4. The van der Waals surface area contributed by atoms with Crippen LogP contribution in [-0.2, 0) is 6.18 Å². The van der Waals surface area contributed by atoms with Crippen molar-refractivity contribution in [2.45, 2.75) is 25.9 Å². The minimum atomic E-state index is -4.39. The molecule has 0 aliphatic heterocycles. The van der Waals surface area contributed by atoms with Gasteiger partial charge >= 0.3 is 6.18 Å². The Morgan fingerprint density at radius 2 is 1.93 bits per heavy atom. The van der Waals surface area contributed by atoms with Gasteiger partial charge in [-0.05, 0) is 49.3 Å². The highest BCUT2D eigenvalue weighted by molar-refractivity contribution is 5.92. The molecule has 152 valence electrons. The van der Waals surface area contributed by atoms with E-state index in [1.54, 1.807) is 30.4 Å². The highest BCUT2D eigenvalue weighted by atomic mass is 19.4. The van der Waals surface area contributed by atoms with Gasteiger partial charge in [0, 0.05) is 37.1 Å². The van der Waals surface area contributed by atoms with Crippen molar-refractivity contribution in [2.75, 3.05) is 12.4 Å². The van der Waals surface area contributed by atoms with Gasteiger partial charge in [-0.2, -0.15) is 13.2 Å². The maximum atomic E-state index is 13.1. The highest BCUT2D eigenvalue weighted by Gasteiger charge is 2.32. The van der Waals surface area contributed by atoms with Gasteiger partial charge in [0.05, 0.1) is 5.56 Å². The fraction of sp³-hybridized carbons (Fsp3) is 0.238. The van der Waals surface area contributed by atoms with E-state index in [0.29, 0.717) is 30.0 Å². The normalized spacial score (nSPS) is 14.0. The Balaban J connectivity index is 1.70. The lowest BCUT2D eigenvalue weighted by atomic mass is 10.1. The summed E-state index contributed by atoms with van der Waals surface area (Å²) in [5, 5.41) is 5.53. The van der Waals surface area contributed by atoms with Crippen LogP contribution >= 0.6 is 0 Å². The fourth-order valence-electron chi connectivity index (χ4n) is 2.88. The van der Waals surface area contributed by atoms with Gasteiger partial charge in [0.25, 0.3) is 5.91 Å². The molecule has 2 aromatic rings. The summed E-state index contributed by atoms with van der Waals surface area (Å²) < 4.78 is 45.0. The van der Waals surface area contributed by atoms with E-state index in [0.717, 1.165) is 11.8 Å². The molecule has 1 aliphatic rings. The summed E-state index contributed by atoms with van der Waals surface area (Å²) in [5.41, 5.74) is 0.957. The average molecular weight is 403 g/mol. The van der Waals surface area contributed by atoms with Crippen molar-refractivity contribution < 1.29 is 22.7 Å². The lowest BCUT2D eigenvalue weighted by Crippen LogP contribution is -2.19. The number of ether oxygens (including phenoxy) is 1. The highest BCUT2D eigenvalue weighted by Crippen LogP contribution is 2.34. The third-order valence-electron chi connectivity index (χ3n) is 4.40. The number of nitrogens with one attached hydrogen (secondary N) is 2. The topological polar surface area (TPSA) is 63.2 Å². The molecule has 5 nitrogen and oxygen atoms in total. The van der Waals surface area contributed by atoms with Gasteiger partial charge < -0.3 is 15.4 Å². The number of aryl methyl sites for hydroxylation is 1. The number of alkyl halides is 3. The zero-order valence-electron chi connectivity index (χ0n) is 15.9. The molecular weight excluding hydrogens is 383 g/mol. The van der Waals surface area contributed by atoms with E-state index in [2.05, 4.69) is 15.6 Å². The van der Waals surface area contributed by atoms with E-state index in [4.69, 9.17) is 4.74 Å². The van der Waals surface area contributed by atoms with E-state index >= 15 is 0 Å². The molecular formula is C21H20F3N3O2. The number of halogens is 3. The zero-order chi connectivity index (χ0) is 21.0. The minimum absolute atomic E-state index is 0.185. The third-order valence-corrected chi connectivity index (χ3v) is 4.40. The molecule has 1 aliphatic carbocycles. The summed E-state index contributed by atoms with van der Waals surface area (Å²) in [5.74, 6) is 0.864. The fourth-order valence-corrected chi connectivity index (χ4v) is 2.88. The van der Waals surface area contributed by atoms with Crippen molar-refractivity contribution in [1.82, 2.24) is 10.3 Å². The number of pyridine rings is 1. The molecule has 0 saturated heterocycles. The summed E-state index contributed by atoms with van der Waals surface area (Å²) in [6.45, 7) is 1.44. The monoisotopic (exact) mass is 403 g/mol. The lowest BCUT2D eigenvalue weighted by Gasteiger charge is -2.18. The molecule has 0 atom stereocenters. The molecule has 8 heteroatoms. The predicted octanol–water partition coefficient (Wildman–Crippen LogP) is 4.82. The maximum absolute atomic E-state index is 13.1. The number of benzene rings is 1. The Kier molecular flexibility index (Phi) is 5.91. The second kappa shape index (κ2) is 8.38. The largest absolute Gasteiger partial charge is 0.462 e. The van der Waals surface area contributed by atoms with Crippen LogP contribution < -0.4 is 15.4 Å². The molecule has 3 rings (SSSR count). The van der Waals surface area contributed by atoms with Gasteiger partial charge in [-0.15, -0.1) is 0 Å². The summed E-state index contributed by atoms with van der Waals surface area (Å²) in [6, 6.07) is 7.38. The maximum Gasteiger partial charge on any atom is 0.416 e. The van der Waals surface area contributed by atoms with Crippen molar-refractivity contribution in [3.8, 4) is 5.75 Å². The lowest BCUT2D eigenvalue weighted by molar-refractivity contribution is -0.138. The van der Waals surface area contributed by atoms with E-state index in [1.807, 2.05) is 0 Å². The summed E-state index contributed by atoms with van der Waals surface area (Å²) in [7, 11) is 1.52. The quantitative estimate of drug-likeness (QED) is 0.751. The van der Waals surface area contributed by atoms with Crippen LogP contribution in [0.25, 0.3) is 0 Å². The SMILES string of the molecule is CNC(=O)c1cc(OC2=CC=C(Nc3ccc(C)c(C(F)(F)F)c3)CC2)ccn1. The molecule has 0 unspecified atom stereocenters. The summed E-state index contributed by atoms with van der Waals surface area (Å²) >= 11 is 0. The number of nitrogens with zero attached hydrogens (tertiary/aromatic N) is 1. The minimum Gasteiger partial charge on any atom is -0.462 e. The Bertz CT molecular complexity index is 981. The van der Waals surface area contributed by atoms with Gasteiger partial charge in [0.15, 0.2) is 0 Å². The Morgan fingerprint density at radius 1 is 1.14 bits per heavy atom. The molecule has 0 spiro atoms.